The summed E-state index contributed by atoms with van der Waals surface area (Å²) in [6.45, 7) is 6.64. The Hall–Kier alpha value is -0.690. The average Bonchev–Trinajstić information content (AvgIpc) is 2.43. The van der Waals surface area contributed by atoms with E-state index < -0.39 is 0 Å². The van der Waals surface area contributed by atoms with Crippen LogP contribution in [0, 0.1) is 6.92 Å². The third-order valence-corrected chi connectivity index (χ3v) is 4.12. The molecule has 0 bridgehead atoms. The van der Waals surface area contributed by atoms with Gasteiger partial charge in [0.15, 0.2) is 0 Å². The van der Waals surface area contributed by atoms with Crippen LogP contribution in [0.15, 0.2) is 18.2 Å². The highest BCUT2D eigenvalue weighted by molar-refractivity contribution is 6.33. The summed E-state index contributed by atoms with van der Waals surface area (Å²) in [5.74, 6) is 0. The molecule has 1 rings (SSSR count). The third-order valence-electron chi connectivity index (χ3n) is 3.79. The number of hydrogen-bond acceptors (Lipinski definition) is 1. The molecule has 0 amide bonds. The van der Waals surface area contributed by atoms with E-state index in [0.29, 0.717) is 6.04 Å². The van der Waals surface area contributed by atoms with Gasteiger partial charge in [0.2, 0.25) is 0 Å². The van der Waals surface area contributed by atoms with E-state index in [1.165, 1.54) is 56.9 Å². The second kappa shape index (κ2) is 10.1. The molecular weight excluding hydrogens is 266 g/mol. The maximum atomic E-state index is 6.30. The summed E-state index contributed by atoms with van der Waals surface area (Å²) in [5, 5.41) is 4.51. The largest absolute Gasteiger partial charge is 0.381 e. The zero-order chi connectivity index (χ0) is 14.8. The molecule has 0 saturated carbocycles. The molecule has 0 saturated heterocycles. The first kappa shape index (κ1) is 17.4. The molecule has 0 aliphatic rings. The minimum Gasteiger partial charge on any atom is -0.381 e. The molecule has 1 aromatic rings. The molecule has 114 valence electrons. The van der Waals surface area contributed by atoms with E-state index >= 15 is 0 Å². The van der Waals surface area contributed by atoms with Crippen molar-refractivity contribution in [2.75, 3.05) is 5.32 Å². The molecule has 0 heterocycles. The van der Waals surface area contributed by atoms with Gasteiger partial charge in [0.25, 0.3) is 0 Å². The summed E-state index contributed by atoms with van der Waals surface area (Å²) >= 11 is 6.30. The van der Waals surface area contributed by atoms with Crippen molar-refractivity contribution in [1.29, 1.82) is 0 Å². The van der Waals surface area contributed by atoms with Crippen LogP contribution >= 0.6 is 11.6 Å². The minimum atomic E-state index is 0.562. The van der Waals surface area contributed by atoms with Gasteiger partial charge in [-0.2, -0.15) is 0 Å². The van der Waals surface area contributed by atoms with Crippen LogP contribution in [0.4, 0.5) is 5.69 Å². The average molecular weight is 296 g/mol. The van der Waals surface area contributed by atoms with Crippen molar-refractivity contribution in [3.05, 3.63) is 28.8 Å². The van der Waals surface area contributed by atoms with E-state index in [1.807, 2.05) is 6.07 Å². The van der Waals surface area contributed by atoms with Gasteiger partial charge >= 0.3 is 0 Å². The van der Waals surface area contributed by atoms with Crippen LogP contribution in [-0.2, 0) is 0 Å². The smallest absolute Gasteiger partial charge is 0.0637 e. The highest BCUT2D eigenvalue weighted by Crippen LogP contribution is 2.25. The van der Waals surface area contributed by atoms with Crippen LogP contribution in [0.2, 0.25) is 5.02 Å². The maximum absolute atomic E-state index is 6.30. The topological polar surface area (TPSA) is 12.0 Å². The van der Waals surface area contributed by atoms with Crippen molar-refractivity contribution in [3.8, 4) is 0 Å². The number of halogens is 1. The Kier molecular flexibility index (Phi) is 8.77. The van der Waals surface area contributed by atoms with Crippen LogP contribution in [0.25, 0.3) is 0 Å². The van der Waals surface area contributed by atoms with Gasteiger partial charge in [-0.25, -0.2) is 0 Å². The molecule has 0 fully saturated rings. The van der Waals surface area contributed by atoms with E-state index in [-0.39, 0.29) is 0 Å². The van der Waals surface area contributed by atoms with Gasteiger partial charge in [0, 0.05) is 6.04 Å². The van der Waals surface area contributed by atoms with Crippen LogP contribution < -0.4 is 5.32 Å². The van der Waals surface area contributed by atoms with Crippen molar-refractivity contribution < 1.29 is 0 Å². The van der Waals surface area contributed by atoms with Gasteiger partial charge in [-0.15, -0.1) is 0 Å². The predicted octanol–water partition coefficient (Wildman–Crippen LogP) is 6.59. The van der Waals surface area contributed by atoms with E-state index in [9.17, 15) is 0 Å². The second-order valence-electron chi connectivity index (χ2n) is 5.82. The SMILES string of the molecule is CCCCCC(CCCCC)Nc1cc(C)ccc1Cl. The Bertz CT molecular complexity index is 366. The number of rotatable bonds is 10. The van der Waals surface area contributed by atoms with Crippen molar-refractivity contribution in [2.24, 2.45) is 0 Å². The zero-order valence-corrected chi connectivity index (χ0v) is 14.1. The lowest BCUT2D eigenvalue weighted by atomic mass is 10.0. The molecule has 0 aliphatic heterocycles. The molecule has 0 unspecified atom stereocenters. The molecule has 0 aliphatic carbocycles. The first-order chi connectivity index (χ1) is 9.67. The molecule has 0 radical (unpaired) electrons. The fourth-order valence-electron chi connectivity index (χ4n) is 2.54. The van der Waals surface area contributed by atoms with Crippen LogP contribution in [0.3, 0.4) is 0 Å². The van der Waals surface area contributed by atoms with Gasteiger partial charge in [-0.05, 0) is 37.5 Å². The number of unbranched alkanes of at least 4 members (excludes halogenated alkanes) is 4. The number of hydrogen-bond donors (Lipinski definition) is 1. The van der Waals surface area contributed by atoms with Gasteiger partial charge in [0.1, 0.15) is 0 Å². The predicted molar refractivity (Wildman–Crippen MR) is 91.9 cm³/mol. The lowest BCUT2D eigenvalue weighted by Crippen LogP contribution is -2.19. The van der Waals surface area contributed by atoms with Gasteiger partial charge < -0.3 is 5.32 Å². The molecule has 1 aromatic carbocycles. The highest BCUT2D eigenvalue weighted by Gasteiger charge is 2.10. The zero-order valence-electron chi connectivity index (χ0n) is 13.3. The Balaban J connectivity index is 2.58. The molecular formula is C18H30ClN. The van der Waals surface area contributed by atoms with E-state index in [0.717, 1.165) is 10.7 Å². The number of benzene rings is 1. The van der Waals surface area contributed by atoms with Crippen molar-refractivity contribution in [1.82, 2.24) is 0 Å². The summed E-state index contributed by atoms with van der Waals surface area (Å²) < 4.78 is 0. The van der Waals surface area contributed by atoms with Gasteiger partial charge in [-0.3, -0.25) is 0 Å². The number of nitrogens with one attached hydrogen (secondary N) is 1. The Morgan fingerprint density at radius 1 is 1.00 bits per heavy atom. The summed E-state index contributed by atoms with van der Waals surface area (Å²) in [5.41, 5.74) is 2.36. The molecule has 20 heavy (non-hydrogen) atoms. The standard InChI is InChI=1S/C18H30ClN/c1-4-6-8-10-16(11-9-7-5-2)20-18-14-15(3)12-13-17(18)19/h12-14,16,20H,4-11H2,1-3H3. The Morgan fingerprint density at radius 3 is 2.15 bits per heavy atom. The molecule has 0 spiro atoms. The molecule has 0 aromatic heterocycles. The molecule has 0 atom stereocenters. The molecule has 2 heteroatoms. The Labute approximate surface area is 130 Å². The minimum absolute atomic E-state index is 0.562. The lowest BCUT2D eigenvalue weighted by Gasteiger charge is -2.21. The summed E-state index contributed by atoms with van der Waals surface area (Å²) in [6, 6.07) is 6.78. The lowest BCUT2D eigenvalue weighted by molar-refractivity contribution is 0.526. The number of anilines is 1. The summed E-state index contributed by atoms with van der Waals surface area (Å²) in [4.78, 5) is 0. The van der Waals surface area contributed by atoms with Crippen LogP contribution in [-0.4, -0.2) is 6.04 Å². The first-order valence-corrected chi connectivity index (χ1v) is 8.57. The second-order valence-corrected chi connectivity index (χ2v) is 6.22. The van der Waals surface area contributed by atoms with E-state index in [1.54, 1.807) is 0 Å². The highest BCUT2D eigenvalue weighted by atomic mass is 35.5. The maximum Gasteiger partial charge on any atom is 0.0637 e. The fraction of sp³-hybridized carbons (Fsp3) is 0.667. The van der Waals surface area contributed by atoms with E-state index in [4.69, 9.17) is 11.6 Å². The van der Waals surface area contributed by atoms with Crippen LogP contribution in [0.5, 0.6) is 0 Å². The fourth-order valence-corrected chi connectivity index (χ4v) is 2.71. The monoisotopic (exact) mass is 295 g/mol. The summed E-state index contributed by atoms with van der Waals surface area (Å²) in [7, 11) is 0. The Morgan fingerprint density at radius 2 is 1.60 bits per heavy atom. The molecule has 1 nitrogen and oxygen atoms in total. The van der Waals surface area contributed by atoms with Gasteiger partial charge in [0.05, 0.1) is 10.7 Å². The van der Waals surface area contributed by atoms with Crippen molar-refractivity contribution in [2.45, 2.75) is 78.2 Å². The van der Waals surface area contributed by atoms with Crippen molar-refractivity contribution >= 4 is 17.3 Å². The first-order valence-electron chi connectivity index (χ1n) is 8.20. The van der Waals surface area contributed by atoms with E-state index in [2.05, 4.69) is 38.2 Å². The number of aryl methyl sites for hydroxylation is 1. The van der Waals surface area contributed by atoms with Crippen molar-refractivity contribution in [3.63, 3.8) is 0 Å². The normalized spacial score (nSPS) is 11.1. The van der Waals surface area contributed by atoms with Crippen LogP contribution in [0.1, 0.15) is 70.8 Å². The third kappa shape index (κ3) is 6.65. The quantitative estimate of drug-likeness (QED) is 0.480. The summed E-state index contributed by atoms with van der Waals surface area (Å²) in [6.07, 6.45) is 10.3. The van der Waals surface area contributed by atoms with Gasteiger partial charge in [-0.1, -0.05) is 70.0 Å². The molecule has 1 N–H and O–H groups in total.